The molecule has 0 fully saturated rings. The zero-order chi connectivity index (χ0) is 8.55. The first-order valence-electron chi connectivity index (χ1n) is 3.60. The zero-order valence-corrected chi connectivity index (χ0v) is 6.29. The number of carbonyl (C=O) groups is 1. The summed E-state index contributed by atoms with van der Waals surface area (Å²) in [4.78, 5) is 13.6. The Bertz CT molecular complexity index is 431. The molecule has 1 aromatic carbocycles. The second-order valence-corrected chi connectivity index (χ2v) is 2.61. The summed E-state index contributed by atoms with van der Waals surface area (Å²) in [6.45, 7) is 0. The van der Waals surface area contributed by atoms with Gasteiger partial charge in [-0.25, -0.2) is 0 Å². The lowest BCUT2D eigenvalue weighted by molar-refractivity contribution is 0.0992. The number of aromatic nitrogens is 1. The summed E-state index contributed by atoms with van der Waals surface area (Å²) in [6, 6.07) is 7.09. The molecule has 0 saturated carbocycles. The van der Waals surface area contributed by atoms with E-state index in [0.29, 0.717) is 5.56 Å². The Kier molecular flexibility index (Phi) is 1.37. The summed E-state index contributed by atoms with van der Waals surface area (Å²) in [5.74, 6) is -0.647. The van der Waals surface area contributed by atoms with Crippen molar-refractivity contribution in [2.24, 2.45) is 0 Å². The van der Waals surface area contributed by atoms with Crippen LogP contribution in [-0.4, -0.2) is 10.9 Å². The SMILES string of the molecule is [NH]C(=O)c1ccc2cc[nH]c2c1. The maximum absolute atomic E-state index is 10.7. The van der Waals surface area contributed by atoms with E-state index in [1.165, 1.54) is 0 Å². The van der Waals surface area contributed by atoms with Crippen LogP contribution in [0.3, 0.4) is 0 Å². The summed E-state index contributed by atoms with van der Waals surface area (Å²) in [5.41, 5.74) is 8.21. The van der Waals surface area contributed by atoms with Crippen molar-refractivity contribution in [2.45, 2.75) is 0 Å². The molecule has 0 aliphatic rings. The maximum Gasteiger partial charge on any atom is 0.269 e. The molecule has 12 heavy (non-hydrogen) atoms. The summed E-state index contributed by atoms with van der Waals surface area (Å²) in [6.07, 6.45) is 1.81. The molecule has 0 unspecified atom stereocenters. The quantitative estimate of drug-likeness (QED) is 0.674. The fourth-order valence-corrected chi connectivity index (χ4v) is 1.19. The van der Waals surface area contributed by atoms with Crippen LogP contribution in [0.2, 0.25) is 0 Å². The van der Waals surface area contributed by atoms with Crippen molar-refractivity contribution in [1.82, 2.24) is 10.7 Å². The van der Waals surface area contributed by atoms with E-state index in [0.717, 1.165) is 10.9 Å². The average Bonchev–Trinajstić information content (AvgIpc) is 2.49. The molecule has 2 N–H and O–H groups in total. The van der Waals surface area contributed by atoms with Gasteiger partial charge in [-0.15, -0.1) is 0 Å². The van der Waals surface area contributed by atoms with Gasteiger partial charge in [-0.05, 0) is 23.6 Å². The Morgan fingerprint density at radius 1 is 1.33 bits per heavy atom. The number of hydrogen-bond donors (Lipinski definition) is 1. The minimum Gasteiger partial charge on any atom is -0.361 e. The van der Waals surface area contributed by atoms with Gasteiger partial charge in [-0.1, -0.05) is 6.07 Å². The summed E-state index contributed by atoms with van der Waals surface area (Å²) in [7, 11) is 0. The van der Waals surface area contributed by atoms with Gasteiger partial charge >= 0.3 is 0 Å². The molecule has 2 aromatic rings. The van der Waals surface area contributed by atoms with Crippen LogP contribution in [0, 0.1) is 0 Å². The highest BCUT2D eigenvalue weighted by molar-refractivity contribution is 5.96. The number of benzene rings is 1. The van der Waals surface area contributed by atoms with Crippen LogP contribution >= 0.6 is 0 Å². The first-order chi connectivity index (χ1) is 5.77. The van der Waals surface area contributed by atoms with Crippen LogP contribution in [0.4, 0.5) is 0 Å². The Hall–Kier alpha value is -1.77. The smallest absolute Gasteiger partial charge is 0.269 e. The molecule has 0 aliphatic heterocycles. The van der Waals surface area contributed by atoms with Crippen LogP contribution in [0.25, 0.3) is 10.9 Å². The number of rotatable bonds is 1. The van der Waals surface area contributed by atoms with Crippen molar-refractivity contribution in [1.29, 1.82) is 0 Å². The number of amides is 1. The molecular formula is C9H7N2O. The summed E-state index contributed by atoms with van der Waals surface area (Å²) >= 11 is 0. The highest BCUT2D eigenvalue weighted by Gasteiger charge is 2.01. The minimum atomic E-state index is -0.647. The van der Waals surface area contributed by atoms with E-state index in [4.69, 9.17) is 5.73 Å². The van der Waals surface area contributed by atoms with Crippen molar-refractivity contribution < 1.29 is 4.79 Å². The third-order valence-corrected chi connectivity index (χ3v) is 1.82. The molecule has 0 aliphatic carbocycles. The fraction of sp³-hybridized carbons (Fsp3) is 0. The van der Waals surface area contributed by atoms with Gasteiger partial charge in [0.15, 0.2) is 0 Å². The summed E-state index contributed by atoms with van der Waals surface area (Å²) < 4.78 is 0. The molecule has 3 heteroatoms. The second kappa shape index (κ2) is 2.37. The van der Waals surface area contributed by atoms with Crippen LogP contribution in [0.1, 0.15) is 10.4 Å². The molecule has 2 rings (SSSR count). The van der Waals surface area contributed by atoms with Gasteiger partial charge in [0.1, 0.15) is 0 Å². The van der Waals surface area contributed by atoms with Crippen molar-refractivity contribution >= 4 is 16.8 Å². The molecule has 0 bridgehead atoms. The Balaban J connectivity index is 2.68. The molecule has 0 spiro atoms. The lowest BCUT2D eigenvalue weighted by atomic mass is 10.1. The molecule has 1 amide bonds. The third kappa shape index (κ3) is 0.955. The predicted octanol–water partition coefficient (Wildman–Crippen LogP) is 1.59. The first-order valence-corrected chi connectivity index (χ1v) is 3.60. The van der Waals surface area contributed by atoms with Gasteiger partial charge in [-0.3, -0.25) is 10.5 Å². The van der Waals surface area contributed by atoms with Crippen LogP contribution in [0.5, 0.6) is 0 Å². The van der Waals surface area contributed by atoms with Gasteiger partial charge in [-0.2, -0.15) is 0 Å². The van der Waals surface area contributed by atoms with Crippen molar-refractivity contribution in [3.8, 4) is 0 Å². The van der Waals surface area contributed by atoms with Crippen LogP contribution in [0.15, 0.2) is 30.5 Å². The predicted molar refractivity (Wildman–Crippen MR) is 45.7 cm³/mol. The molecule has 3 nitrogen and oxygen atoms in total. The van der Waals surface area contributed by atoms with E-state index in [2.05, 4.69) is 4.98 Å². The van der Waals surface area contributed by atoms with Gasteiger partial charge < -0.3 is 4.98 Å². The standard InChI is InChI=1S/C9H7N2O/c10-9(12)7-2-1-6-3-4-11-8(6)5-7/h1-5,10-11H. The van der Waals surface area contributed by atoms with E-state index in [1.807, 2.05) is 18.3 Å². The third-order valence-electron chi connectivity index (χ3n) is 1.82. The van der Waals surface area contributed by atoms with Gasteiger partial charge in [0.05, 0.1) is 0 Å². The van der Waals surface area contributed by atoms with Gasteiger partial charge in [0.25, 0.3) is 5.91 Å². The monoisotopic (exact) mass is 159 g/mol. The number of aromatic amines is 1. The zero-order valence-electron chi connectivity index (χ0n) is 6.29. The molecule has 0 atom stereocenters. The topological polar surface area (TPSA) is 56.7 Å². The maximum atomic E-state index is 10.7. The first kappa shape index (κ1) is 6.91. The average molecular weight is 159 g/mol. The number of carbonyl (C=O) groups excluding carboxylic acids is 1. The number of H-pyrrole nitrogens is 1. The largest absolute Gasteiger partial charge is 0.361 e. The highest BCUT2D eigenvalue weighted by Crippen LogP contribution is 2.13. The van der Waals surface area contributed by atoms with Crippen molar-refractivity contribution in [3.05, 3.63) is 36.0 Å². The molecule has 1 radical (unpaired) electrons. The molecule has 1 heterocycles. The Morgan fingerprint density at radius 2 is 2.17 bits per heavy atom. The summed E-state index contributed by atoms with van der Waals surface area (Å²) in [5, 5.41) is 1.06. The van der Waals surface area contributed by atoms with Crippen LogP contribution < -0.4 is 5.73 Å². The highest BCUT2D eigenvalue weighted by atomic mass is 16.1. The fourth-order valence-electron chi connectivity index (χ4n) is 1.19. The minimum absolute atomic E-state index is 0.421. The normalized spacial score (nSPS) is 10.3. The number of hydrogen-bond acceptors (Lipinski definition) is 1. The lowest BCUT2D eigenvalue weighted by Crippen LogP contribution is -1.97. The van der Waals surface area contributed by atoms with Crippen molar-refractivity contribution in [3.63, 3.8) is 0 Å². The molecule has 0 saturated heterocycles. The van der Waals surface area contributed by atoms with E-state index < -0.39 is 5.91 Å². The Morgan fingerprint density at radius 3 is 2.92 bits per heavy atom. The van der Waals surface area contributed by atoms with Gasteiger partial charge in [0.2, 0.25) is 0 Å². The molecule has 1 aromatic heterocycles. The Labute approximate surface area is 69.2 Å². The van der Waals surface area contributed by atoms with Gasteiger partial charge in [0, 0.05) is 17.3 Å². The second-order valence-electron chi connectivity index (χ2n) is 2.61. The number of fused-ring (bicyclic) bond motifs is 1. The van der Waals surface area contributed by atoms with E-state index in [1.54, 1.807) is 12.1 Å². The molecular weight excluding hydrogens is 152 g/mol. The van der Waals surface area contributed by atoms with Crippen LogP contribution in [-0.2, 0) is 0 Å². The molecule has 59 valence electrons. The van der Waals surface area contributed by atoms with Crippen molar-refractivity contribution in [2.75, 3.05) is 0 Å². The van der Waals surface area contributed by atoms with E-state index in [9.17, 15) is 4.79 Å². The van der Waals surface area contributed by atoms with E-state index >= 15 is 0 Å². The van der Waals surface area contributed by atoms with E-state index in [-0.39, 0.29) is 0 Å². The number of nitrogens with one attached hydrogen (secondary N) is 2. The lowest BCUT2D eigenvalue weighted by Gasteiger charge is -1.93.